The van der Waals surface area contributed by atoms with E-state index in [-0.39, 0.29) is 38.1 Å². The van der Waals surface area contributed by atoms with Crippen LogP contribution in [0.3, 0.4) is 0 Å². The molecule has 0 N–H and O–H groups in total. The standard InChI is InChI=1S/C18H22F3NO4/c1-2-25-17(24)12-22(16(23)10-15-4-3-9-26-15)11-13-5-7-14(8-6-13)18(19,20)21/h5-8,15H,2-4,9-12H2,1H3. The Hall–Kier alpha value is -2.09. The molecule has 1 aromatic rings. The van der Waals surface area contributed by atoms with E-state index in [0.717, 1.165) is 25.0 Å². The van der Waals surface area contributed by atoms with Crippen molar-refractivity contribution in [3.63, 3.8) is 0 Å². The molecule has 144 valence electrons. The molecule has 1 aliphatic heterocycles. The average Bonchev–Trinajstić information content (AvgIpc) is 3.07. The van der Waals surface area contributed by atoms with Crippen molar-refractivity contribution in [2.75, 3.05) is 19.8 Å². The Bertz CT molecular complexity index is 610. The SMILES string of the molecule is CCOC(=O)CN(Cc1ccc(C(F)(F)F)cc1)C(=O)CC1CCCO1. The first-order valence-corrected chi connectivity index (χ1v) is 8.50. The van der Waals surface area contributed by atoms with Gasteiger partial charge < -0.3 is 14.4 Å². The molecule has 1 heterocycles. The summed E-state index contributed by atoms with van der Waals surface area (Å²) < 4.78 is 48.3. The third-order valence-corrected chi connectivity index (χ3v) is 4.06. The quantitative estimate of drug-likeness (QED) is 0.689. The molecule has 1 saturated heterocycles. The van der Waals surface area contributed by atoms with E-state index < -0.39 is 17.7 Å². The van der Waals surface area contributed by atoms with Crippen molar-refractivity contribution in [1.29, 1.82) is 0 Å². The van der Waals surface area contributed by atoms with Crippen LogP contribution in [0.1, 0.15) is 37.3 Å². The summed E-state index contributed by atoms with van der Waals surface area (Å²) in [5.41, 5.74) is -0.258. The van der Waals surface area contributed by atoms with E-state index in [4.69, 9.17) is 9.47 Å². The van der Waals surface area contributed by atoms with Crippen LogP contribution >= 0.6 is 0 Å². The van der Waals surface area contributed by atoms with Crippen molar-refractivity contribution in [2.24, 2.45) is 0 Å². The van der Waals surface area contributed by atoms with Crippen LogP contribution in [0.15, 0.2) is 24.3 Å². The monoisotopic (exact) mass is 373 g/mol. The molecule has 2 rings (SSSR count). The van der Waals surface area contributed by atoms with Crippen LogP contribution in [0.2, 0.25) is 0 Å². The summed E-state index contributed by atoms with van der Waals surface area (Å²) in [5.74, 6) is -0.843. The molecule has 1 aromatic carbocycles. The molecule has 26 heavy (non-hydrogen) atoms. The lowest BCUT2D eigenvalue weighted by atomic mass is 10.1. The summed E-state index contributed by atoms with van der Waals surface area (Å²) in [5, 5.41) is 0. The third-order valence-electron chi connectivity index (χ3n) is 4.06. The number of carbonyl (C=O) groups is 2. The molecule has 0 aromatic heterocycles. The Kier molecular flexibility index (Phi) is 7.02. The summed E-state index contributed by atoms with van der Waals surface area (Å²) >= 11 is 0. The highest BCUT2D eigenvalue weighted by atomic mass is 19.4. The van der Waals surface area contributed by atoms with Crippen LogP contribution in [0, 0.1) is 0 Å². The Morgan fingerprint density at radius 2 is 1.96 bits per heavy atom. The molecule has 1 atom stereocenters. The van der Waals surface area contributed by atoms with Crippen LogP contribution in [-0.4, -0.2) is 42.6 Å². The molecule has 0 saturated carbocycles. The number of halogens is 3. The van der Waals surface area contributed by atoms with Crippen molar-refractivity contribution in [3.8, 4) is 0 Å². The Balaban J connectivity index is 2.06. The Labute approximate surface area is 150 Å². The fourth-order valence-electron chi connectivity index (χ4n) is 2.74. The lowest BCUT2D eigenvalue weighted by Crippen LogP contribution is -2.37. The van der Waals surface area contributed by atoms with E-state index in [9.17, 15) is 22.8 Å². The molecule has 1 unspecified atom stereocenters. The number of amides is 1. The maximum Gasteiger partial charge on any atom is 0.416 e. The van der Waals surface area contributed by atoms with Gasteiger partial charge in [0.15, 0.2) is 0 Å². The molecule has 5 nitrogen and oxygen atoms in total. The number of benzene rings is 1. The maximum absolute atomic E-state index is 12.7. The normalized spacial score (nSPS) is 17.2. The largest absolute Gasteiger partial charge is 0.465 e. The molecule has 0 spiro atoms. The van der Waals surface area contributed by atoms with Gasteiger partial charge >= 0.3 is 12.1 Å². The van der Waals surface area contributed by atoms with Gasteiger partial charge in [0.2, 0.25) is 5.91 Å². The topological polar surface area (TPSA) is 55.8 Å². The summed E-state index contributed by atoms with van der Waals surface area (Å²) in [6.07, 6.45) is -2.80. The average molecular weight is 373 g/mol. The minimum Gasteiger partial charge on any atom is -0.465 e. The van der Waals surface area contributed by atoms with E-state index in [1.165, 1.54) is 17.0 Å². The number of carbonyl (C=O) groups excluding carboxylic acids is 2. The van der Waals surface area contributed by atoms with Gasteiger partial charge in [-0.3, -0.25) is 9.59 Å². The van der Waals surface area contributed by atoms with Gasteiger partial charge in [-0.1, -0.05) is 12.1 Å². The molecule has 1 aliphatic rings. The van der Waals surface area contributed by atoms with Crippen molar-refractivity contribution >= 4 is 11.9 Å². The van der Waals surface area contributed by atoms with Gasteiger partial charge in [0.05, 0.1) is 24.7 Å². The van der Waals surface area contributed by atoms with E-state index >= 15 is 0 Å². The first-order chi connectivity index (χ1) is 12.3. The lowest BCUT2D eigenvalue weighted by molar-refractivity contribution is -0.150. The number of hydrogen-bond acceptors (Lipinski definition) is 4. The number of esters is 1. The molecule has 0 bridgehead atoms. The molecular formula is C18H22F3NO4. The van der Waals surface area contributed by atoms with Crippen LogP contribution < -0.4 is 0 Å². The second kappa shape index (κ2) is 9.02. The second-order valence-corrected chi connectivity index (χ2v) is 6.09. The van der Waals surface area contributed by atoms with Gasteiger partial charge in [-0.2, -0.15) is 13.2 Å². The van der Waals surface area contributed by atoms with E-state index in [0.29, 0.717) is 12.2 Å². The fraction of sp³-hybridized carbons (Fsp3) is 0.556. The van der Waals surface area contributed by atoms with Crippen molar-refractivity contribution in [2.45, 2.75) is 45.0 Å². The van der Waals surface area contributed by atoms with E-state index in [1.54, 1.807) is 6.92 Å². The first-order valence-electron chi connectivity index (χ1n) is 8.50. The van der Waals surface area contributed by atoms with Gasteiger partial charge in [0.1, 0.15) is 6.54 Å². The number of alkyl halides is 3. The van der Waals surface area contributed by atoms with Crippen molar-refractivity contribution in [1.82, 2.24) is 4.90 Å². The summed E-state index contributed by atoms with van der Waals surface area (Å²) in [7, 11) is 0. The van der Waals surface area contributed by atoms with E-state index in [1.807, 2.05) is 0 Å². The molecule has 1 fully saturated rings. The smallest absolute Gasteiger partial charge is 0.416 e. The molecule has 0 aliphatic carbocycles. The van der Waals surface area contributed by atoms with Crippen molar-refractivity contribution in [3.05, 3.63) is 35.4 Å². The summed E-state index contributed by atoms with van der Waals surface area (Å²) in [6, 6.07) is 4.53. The third kappa shape index (κ3) is 6.01. The van der Waals surface area contributed by atoms with Gasteiger partial charge in [-0.05, 0) is 37.5 Å². The summed E-state index contributed by atoms with van der Waals surface area (Å²) in [6.45, 7) is 2.23. The molecule has 0 radical (unpaired) electrons. The van der Waals surface area contributed by atoms with Gasteiger partial charge in [-0.15, -0.1) is 0 Å². The fourth-order valence-corrected chi connectivity index (χ4v) is 2.74. The number of nitrogens with zero attached hydrogens (tertiary/aromatic N) is 1. The minimum absolute atomic E-state index is 0.0303. The van der Waals surface area contributed by atoms with Crippen LogP contribution in [-0.2, 0) is 31.8 Å². The summed E-state index contributed by atoms with van der Waals surface area (Å²) in [4.78, 5) is 25.6. The highest BCUT2D eigenvalue weighted by Gasteiger charge is 2.30. The van der Waals surface area contributed by atoms with Crippen LogP contribution in [0.4, 0.5) is 13.2 Å². The Morgan fingerprint density at radius 3 is 2.50 bits per heavy atom. The predicted molar refractivity (Wildman–Crippen MR) is 87.1 cm³/mol. The lowest BCUT2D eigenvalue weighted by Gasteiger charge is -2.23. The predicted octanol–water partition coefficient (Wildman–Crippen LogP) is 3.17. The van der Waals surface area contributed by atoms with Gasteiger partial charge in [0.25, 0.3) is 0 Å². The number of ether oxygens (including phenoxy) is 2. The number of rotatable bonds is 7. The molecular weight excluding hydrogens is 351 g/mol. The van der Waals surface area contributed by atoms with Gasteiger partial charge in [0, 0.05) is 13.2 Å². The highest BCUT2D eigenvalue weighted by molar-refractivity contribution is 5.82. The molecule has 8 heteroatoms. The van der Waals surface area contributed by atoms with Crippen molar-refractivity contribution < 1.29 is 32.2 Å². The van der Waals surface area contributed by atoms with Crippen LogP contribution in [0.25, 0.3) is 0 Å². The minimum atomic E-state index is -4.42. The first kappa shape index (κ1) is 20.2. The zero-order chi connectivity index (χ0) is 19.2. The van der Waals surface area contributed by atoms with Crippen LogP contribution in [0.5, 0.6) is 0 Å². The highest BCUT2D eigenvalue weighted by Crippen LogP contribution is 2.29. The molecule has 1 amide bonds. The zero-order valence-corrected chi connectivity index (χ0v) is 14.6. The second-order valence-electron chi connectivity index (χ2n) is 6.09. The Morgan fingerprint density at radius 1 is 1.27 bits per heavy atom. The maximum atomic E-state index is 12.7. The van der Waals surface area contributed by atoms with Gasteiger partial charge in [-0.25, -0.2) is 0 Å². The number of hydrogen-bond donors (Lipinski definition) is 0. The zero-order valence-electron chi connectivity index (χ0n) is 14.6. The van der Waals surface area contributed by atoms with E-state index in [2.05, 4.69) is 0 Å².